The molecular formula is C17H18ClNO5. The molecule has 0 saturated carbocycles. The Kier molecular flexibility index (Phi) is 6.40. The van der Waals surface area contributed by atoms with E-state index in [0.717, 1.165) is 16.9 Å². The minimum absolute atomic E-state index is 0.208. The fourth-order valence-corrected chi connectivity index (χ4v) is 2.36. The molecule has 1 aromatic rings. The monoisotopic (exact) mass is 351 g/mol. The van der Waals surface area contributed by atoms with E-state index in [4.69, 9.17) is 26.2 Å². The number of halogens is 1. The molecule has 128 valence electrons. The molecule has 24 heavy (non-hydrogen) atoms. The predicted molar refractivity (Wildman–Crippen MR) is 90.2 cm³/mol. The first-order valence-corrected chi connectivity index (χ1v) is 7.68. The summed E-state index contributed by atoms with van der Waals surface area (Å²) >= 11 is 5.96. The Labute approximate surface area is 144 Å². The molecular weight excluding hydrogens is 334 g/mol. The van der Waals surface area contributed by atoms with Crippen LogP contribution in [-0.2, 0) is 14.3 Å². The number of carboxylic acids is 1. The number of hydrogen-bond acceptors (Lipinski definition) is 4. The minimum Gasteiger partial charge on any atom is -0.488 e. The number of carboxylic acid groups (broad SMARTS) is 1. The third kappa shape index (κ3) is 5.11. The largest absolute Gasteiger partial charge is 0.488 e. The molecule has 1 aliphatic rings. The van der Waals surface area contributed by atoms with Gasteiger partial charge in [-0.25, -0.2) is 0 Å². The van der Waals surface area contributed by atoms with Gasteiger partial charge < -0.3 is 19.5 Å². The quantitative estimate of drug-likeness (QED) is 0.762. The molecule has 1 aromatic carbocycles. The summed E-state index contributed by atoms with van der Waals surface area (Å²) in [6.45, 7) is 0.431. The molecule has 0 radical (unpaired) electrons. The topological polar surface area (TPSA) is 76.1 Å². The highest BCUT2D eigenvalue weighted by molar-refractivity contribution is 6.30. The second kappa shape index (κ2) is 8.52. The number of ether oxygens (including phenoxy) is 2. The second-order valence-electron chi connectivity index (χ2n) is 5.17. The van der Waals surface area contributed by atoms with Crippen molar-refractivity contribution in [2.45, 2.75) is 0 Å². The fourth-order valence-electron chi connectivity index (χ4n) is 2.18. The van der Waals surface area contributed by atoms with Crippen LogP contribution in [-0.4, -0.2) is 55.3 Å². The van der Waals surface area contributed by atoms with Gasteiger partial charge in [0.05, 0.1) is 6.61 Å². The molecule has 0 saturated heterocycles. The molecule has 1 amide bonds. The van der Waals surface area contributed by atoms with E-state index in [2.05, 4.69) is 0 Å². The van der Waals surface area contributed by atoms with Gasteiger partial charge in [-0.3, -0.25) is 9.59 Å². The van der Waals surface area contributed by atoms with Crippen LogP contribution in [0.15, 0.2) is 35.9 Å². The van der Waals surface area contributed by atoms with Crippen molar-refractivity contribution >= 4 is 29.6 Å². The van der Waals surface area contributed by atoms with Gasteiger partial charge in [-0.15, -0.1) is 0 Å². The van der Waals surface area contributed by atoms with E-state index >= 15 is 0 Å². The normalized spacial score (nSPS) is 13.2. The molecule has 1 N–H and O–H groups in total. The number of carbonyl (C=O) groups is 2. The third-order valence-corrected chi connectivity index (χ3v) is 3.59. The van der Waals surface area contributed by atoms with Crippen LogP contribution < -0.4 is 4.74 Å². The first kappa shape index (κ1) is 18.0. The molecule has 0 fully saturated rings. The van der Waals surface area contributed by atoms with Crippen molar-refractivity contribution in [3.05, 3.63) is 46.5 Å². The predicted octanol–water partition coefficient (Wildman–Crippen LogP) is 2.23. The van der Waals surface area contributed by atoms with Gasteiger partial charge >= 0.3 is 5.97 Å². The van der Waals surface area contributed by atoms with E-state index in [0.29, 0.717) is 11.6 Å². The number of fused-ring (bicyclic) bond motifs is 1. The Morgan fingerprint density at radius 3 is 2.96 bits per heavy atom. The van der Waals surface area contributed by atoms with E-state index < -0.39 is 11.9 Å². The minimum atomic E-state index is -1.07. The van der Waals surface area contributed by atoms with Gasteiger partial charge in [0.15, 0.2) is 0 Å². The Morgan fingerprint density at radius 2 is 2.25 bits per heavy atom. The van der Waals surface area contributed by atoms with Crippen molar-refractivity contribution in [1.29, 1.82) is 0 Å². The third-order valence-electron chi connectivity index (χ3n) is 3.35. The maximum atomic E-state index is 12.2. The van der Waals surface area contributed by atoms with Crippen molar-refractivity contribution in [2.24, 2.45) is 0 Å². The lowest BCUT2D eigenvalue weighted by Gasteiger charge is -2.19. The zero-order chi connectivity index (χ0) is 17.5. The van der Waals surface area contributed by atoms with Gasteiger partial charge in [0.2, 0.25) is 5.91 Å². The highest BCUT2D eigenvalue weighted by atomic mass is 35.5. The van der Waals surface area contributed by atoms with Gasteiger partial charge in [0.1, 0.15) is 18.9 Å². The molecule has 0 bridgehead atoms. The number of carbonyl (C=O) groups excluding carboxylic acids is 1. The number of amides is 1. The maximum absolute atomic E-state index is 12.2. The smallest absolute Gasteiger partial charge is 0.323 e. The van der Waals surface area contributed by atoms with E-state index in [9.17, 15) is 9.59 Å². The molecule has 0 aliphatic carbocycles. The summed E-state index contributed by atoms with van der Waals surface area (Å²) in [5.74, 6) is -0.737. The fraction of sp³-hybridized carbons (Fsp3) is 0.294. The zero-order valence-electron chi connectivity index (χ0n) is 13.2. The molecule has 0 atom stereocenters. The van der Waals surface area contributed by atoms with Crippen LogP contribution in [0.5, 0.6) is 5.75 Å². The molecule has 2 rings (SSSR count). The van der Waals surface area contributed by atoms with Crippen LogP contribution in [0.2, 0.25) is 5.02 Å². The maximum Gasteiger partial charge on any atom is 0.323 e. The summed E-state index contributed by atoms with van der Waals surface area (Å²) in [5, 5.41) is 9.48. The first-order chi connectivity index (χ1) is 11.5. The molecule has 7 heteroatoms. The van der Waals surface area contributed by atoms with Gasteiger partial charge in [0.25, 0.3) is 0 Å². The standard InChI is InChI=1S/C17H18ClNO5/c1-23-7-6-19(10-17(21)22)16(20)5-2-12-8-13-9-14(18)3-4-15(13)24-11-12/h2-5,8-9H,6-7,10-11H2,1H3,(H,21,22). The number of rotatable bonds is 7. The molecule has 0 unspecified atom stereocenters. The van der Waals surface area contributed by atoms with Crippen molar-refractivity contribution in [2.75, 3.05) is 33.4 Å². The van der Waals surface area contributed by atoms with E-state index in [-0.39, 0.29) is 19.7 Å². The molecule has 0 spiro atoms. The average Bonchev–Trinajstić information content (AvgIpc) is 2.55. The number of nitrogens with zero attached hydrogens (tertiary/aromatic N) is 1. The summed E-state index contributed by atoms with van der Waals surface area (Å²) in [5.41, 5.74) is 1.63. The lowest BCUT2D eigenvalue weighted by molar-refractivity contribution is -0.143. The Bertz CT molecular complexity index is 684. The van der Waals surface area contributed by atoms with E-state index in [1.165, 1.54) is 18.1 Å². The number of benzene rings is 1. The van der Waals surface area contributed by atoms with Crippen LogP contribution in [0.3, 0.4) is 0 Å². The average molecular weight is 352 g/mol. The van der Waals surface area contributed by atoms with Gasteiger partial charge in [0, 0.05) is 30.3 Å². The Balaban J connectivity index is 2.08. The zero-order valence-corrected chi connectivity index (χ0v) is 14.0. The lowest BCUT2D eigenvalue weighted by atomic mass is 10.1. The van der Waals surface area contributed by atoms with Crippen LogP contribution in [0.1, 0.15) is 5.56 Å². The molecule has 0 aromatic heterocycles. The van der Waals surface area contributed by atoms with E-state index in [1.54, 1.807) is 24.3 Å². The Hall–Kier alpha value is -2.31. The van der Waals surface area contributed by atoms with Crippen molar-refractivity contribution in [3.63, 3.8) is 0 Å². The highest BCUT2D eigenvalue weighted by Crippen LogP contribution is 2.29. The van der Waals surface area contributed by atoms with Gasteiger partial charge in [-0.1, -0.05) is 17.7 Å². The highest BCUT2D eigenvalue weighted by Gasteiger charge is 2.15. The lowest BCUT2D eigenvalue weighted by Crippen LogP contribution is -2.37. The number of aliphatic carboxylic acids is 1. The summed E-state index contributed by atoms with van der Waals surface area (Å²) in [6.07, 6.45) is 4.84. The van der Waals surface area contributed by atoms with Gasteiger partial charge in [-0.05, 0) is 29.8 Å². The van der Waals surface area contributed by atoms with Crippen LogP contribution in [0.4, 0.5) is 0 Å². The number of hydrogen-bond donors (Lipinski definition) is 1. The van der Waals surface area contributed by atoms with Crippen molar-refractivity contribution in [1.82, 2.24) is 4.90 Å². The van der Waals surface area contributed by atoms with Crippen LogP contribution in [0.25, 0.3) is 6.08 Å². The van der Waals surface area contributed by atoms with Crippen molar-refractivity contribution < 1.29 is 24.2 Å². The molecule has 1 heterocycles. The summed E-state index contributed by atoms with van der Waals surface area (Å²) in [6, 6.07) is 5.32. The first-order valence-electron chi connectivity index (χ1n) is 7.30. The number of methoxy groups -OCH3 is 1. The summed E-state index contributed by atoms with van der Waals surface area (Å²) < 4.78 is 10.5. The summed E-state index contributed by atoms with van der Waals surface area (Å²) in [7, 11) is 1.49. The SMILES string of the molecule is COCCN(CC(=O)O)C(=O)C=CC1=Cc2cc(Cl)ccc2OC1. The summed E-state index contributed by atoms with van der Waals surface area (Å²) in [4.78, 5) is 24.2. The second-order valence-corrected chi connectivity index (χ2v) is 5.61. The van der Waals surface area contributed by atoms with Crippen LogP contribution in [0, 0.1) is 0 Å². The van der Waals surface area contributed by atoms with Gasteiger partial charge in [-0.2, -0.15) is 0 Å². The van der Waals surface area contributed by atoms with Crippen LogP contribution >= 0.6 is 11.6 Å². The Morgan fingerprint density at radius 1 is 1.46 bits per heavy atom. The van der Waals surface area contributed by atoms with Crippen molar-refractivity contribution in [3.8, 4) is 5.75 Å². The van der Waals surface area contributed by atoms with E-state index in [1.807, 2.05) is 6.08 Å². The molecule has 1 aliphatic heterocycles. The molecule has 6 nitrogen and oxygen atoms in total.